The maximum Gasteiger partial charge on any atom is 0.0265 e. The molecule has 1 spiro atoms. The van der Waals surface area contributed by atoms with Crippen LogP contribution in [0.4, 0.5) is 0 Å². The van der Waals surface area contributed by atoms with E-state index in [1.54, 1.807) is 0 Å². The first-order valence-electron chi connectivity index (χ1n) is 8.96. The number of hydrogen-bond acceptors (Lipinski definition) is 3. The van der Waals surface area contributed by atoms with Crippen LogP contribution in [0.1, 0.15) is 26.2 Å². The van der Waals surface area contributed by atoms with Crippen molar-refractivity contribution < 1.29 is 0 Å². The van der Waals surface area contributed by atoms with E-state index >= 15 is 0 Å². The largest absolute Gasteiger partial charge is 0.318 e. The standard InChI is InChI=1S/C18H31N3/c1-12(16-17(20-3)18(16)6-7-18)8-15(9-19-2)21-10-14(11-21)13-4-5-13/h6-7,12-17,19-20H,4-5,8-11H2,1-3H3. The Hall–Kier alpha value is -0.380. The van der Waals surface area contributed by atoms with Crippen molar-refractivity contribution in [2.24, 2.45) is 29.1 Å². The Morgan fingerprint density at radius 2 is 1.90 bits per heavy atom. The average molecular weight is 289 g/mol. The summed E-state index contributed by atoms with van der Waals surface area (Å²) in [6, 6.07) is 1.47. The minimum atomic E-state index is 0.490. The molecule has 3 heteroatoms. The summed E-state index contributed by atoms with van der Waals surface area (Å²) >= 11 is 0. The molecule has 0 amide bonds. The fourth-order valence-electron chi connectivity index (χ4n) is 5.12. The lowest BCUT2D eigenvalue weighted by Crippen LogP contribution is -2.55. The van der Waals surface area contributed by atoms with Gasteiger partial charge in [0.25, 0.3) is 0 Å². The van der Waals surface area contributed by atoms with Crippen molar-refractivity contribution >= 4 is 0 Å². The molecule has 4 unspecified atom stereocenters. The van der Waals surface area contributed by atoms with E-state index in [-0.39, 0.29) is 0 Å². The molecule has 0 aromatic carbocycles. The highest BCUT2D eigenvalue weighted by molar-refractivity contribution is 5.44. The van der Waals surface area contributed by atoms with E-state index in [0.29, 0.717) is 5.41 Å². The Bertz CT molecular complexity index is 416. The molecule has 118 valence electrons. The normalized spacial score (nSPS) is 36.5. The first kappa shape index (κ1) is 14.2. The van der Waals surface area contributed by atoms with Gasteiger partial charge in [-0.2, -0.15) is 0 Å². The molecule has 3 fully saturated rings. The number of likely N-dealkylation sites (N-methyl/N-ethyl adjacent to an activating group) is 1. The summed E-state index contributed by atoms with van der Waals surface area (Å²) in [5, 5.41) is 6.95. The monoisotopic (exact) mass is 289 g/mol. The van der Waals surface area contributed by atoms with E-state index in [4.69, 9.17) is 0 Å². The fourth-order valence-corrected chi connectivity index (χ4v) is 5.12. The third-order valence-corrected chi connectivity index (χ3v) is 6.67. The summed E-state index contributed by atoms with van der Waals surface area (Å²) < 4.78 is 0. The smallest absolute Gasteiger partial charge is 0.0265 e. The molecule has 0 radical (unpaired) electrons. The number of likely N-dealkylation sites (tertiary alicyclic amines) is 1. The molecule has 2 saturated carbocycles. The van der Waals surface area contributed by atoms with Gasteiger partial charge in [-0.05, 0) is 57.0 Å². The summed E-state index contributed by atoms with van der Waals surface area (Å²) in [6.45, 7) is 6.37. The van der Waals surface area contributed by atoms with Crippen molar-refractivity contribution in [3.05, 3.63) is 12.2 Å². The molecule has 21 heavy (non-hydrogen) atoms. The summed E-state index contributed by atoms with van der Waals surface area (Å²) in [5.41, 5.74) is 0.490. The van der Waals surface area contributed by atoms with Gasteiger partial charge in [-0.3, -0.25) is 4.90 Å². The summed E-state index contributed by atoms with van der Waals surface area (Å²) in [5.74, 6) is 3.78. The van der Waals surface area contributed by atoms with Crippen LogP contribution >= 0.6 is 0 Å². The highest BCUT2D eigenvalue weighted by Crippen LogP contribution is 2.66. The topological polar surface area (TPSA) is 27.3 Å². The van der Waals surface area contributed by atoms with Crippen molar-refractivity contribution in [3.63, 3.8) is 0 Å². The SMILES string of the molecule is CNCC(CC(C)C1C(NC)C12C=C2)N1CC(C2CC2)C1. The molecule has 4 atom stereocenters. The molecule has 1 heterocycles. The van der Waals surface area contributed by atoms with Crippen molar-refractivity contribution in [2.75, 3.05) is 33.7 Å². The van der Waals surface area contributed by atoms with Crippen LogP contribution in [-0.4, -0.2) is 50.7 Å². The molecule has 4 rings (SSSR count). The van der Waals surface area contributed by atoms with Crippen LogP contribution in [0.5, 0.6) is 0 Å². The van der Waals surface area contributed by atoms with Gasteiger partial charge in [0.05, 0.1) is 0 Å². The Kier molecular flexibility index (Phi) is 3.44. The van der Waals surface area contributed by atoms with Gasteiger partial charge in [0, 0.05) is 37.1 Å². The second kappa shape index (κ2) is 5.07. The first-order chi connectivity index (χ1) is 10.2. The molecule has 4 aliphatic rings. The van der Waals surface area contributed by atoms with Gasteiger partial charge in [-0.1, -0.05) is 19.1 Å². The van der Waals surface area contributed by atoms with E-state index in [1.807, 2.05) is 0 Å². The predicted octanol–water partition coefficient (Wildman–Crippen LogP) is 1.72. The molecule has 0 aromatic heterocycles. The lowest BCUT2D eigenvalue weighted by atomic mass is 9.88. The highest BCUT2D eigenvalue weighted by atomic mass is 15.2. The minimum Gasteiger partial charge on any atom is -0.318 e. The molecule has 2 N–H and O–H groups in total. The molecule has 1 aliphatic heterocycles. The summed E-state index contributed by atoms with van der Waals surface area (Å²) in [6.07, 6.45) is 9.21. The van der Waals surface area contributed by atoms with Gasteiger partial charge in [-0.15, -0.1) is 0 Å². The van der Waals surface area contributed by atoms with Crippen LogP contribution in [0.2, 0.25) is 0 Å². The third-order valence-electron chi connectivity index (χ3n) is 6.67. The van der Waals surface area contributed by atoms with Crippen molar-refractivity contribution in [2.45, 2.75) is 38.3 Å². The number of nitrogens with zero attached hydrogens (tertiary/aromatic N) is 1. The fraction of sp³-hybridized carbons (Fsp3) is 0.889. The second-order valence-corrected chi connectivity index (χ2v) is 8.10. The number of hydrogen-bond donors (Lipinski definition) is 2. The van der Waals surface area contributed by atoms with Gasteiger partial charge >= 0.3 is 0 Å². The Morgan fingerprint density at radius 1 is 1.19 bits per heavy atom. The zero-order valence-electron chi connectivity index (χ0n) is 13.8. The van der Waals surface area contributed by atoms with Crippen molar-refractivity contribution in [1.29, 1.82) is 0 Å². The minimum absolute atomic E-state index is 0.490. The quantitative estimate of drug-likeness (QED) is 0.666. The lowest BCUT2D eigenvalue weighted by Gasteiger charge is -2.45. The molecular weight excluding hydrogens is 258 g/mol. The van der Waals surface area contributed by atoms with Crippen LogP contribution < -0.4 is 10.6 Å². The highest BCUT2D eigenvalue weighted by Gasteiger charge is 2.68. The maximum absolute atomic E-state index is 3.52. The molecule has 0 aromatic rings. The zero-order chi connectivity index (χ0) is 14.6. The Labute approximate surface area is 129 Å². The van der Waals surface area contributed by atoms with Gasteiger partial charge in [-0.25, -0.2) is 0 Å². The Balaban J connectivity index is 1.30. The van der Waals surface area contributed by atoms with Crippen LogP contribution in [0.15, 0.2) is 12.2 Å². The molecular formula is C18H31N3. The van der Waals surface area contributed by atoms with Crippen LogP contribution in [-0.2, 0) is 0 Å². The lowest BCUT2D eigenvalue weighted by molar-refractivity contribution is 0.0299. The van der Waals surface area contributed by atoms with Gasteiger partial charge < -0.3 is 10.6 Å². The molecule has 1 saturated heterocycles. The van der Waals surface area contributed by atoms with Crippen LogP contribution in [0.25, 0.3) is 0 Å². The van der Waals surface area contributed by atoms with Crippen molar-refractivity contribution in [1.82, 2.24) is 15.5 Å². The number of rotatable bonds is 8. The van der Waals surface area contributed by atoms with Gasteiger partial charge in [0.1, 0.15) is 0 Å². The van der Waals surface area contributed by atoms with E-state index in [1.165, 1.54) is 32.4 Å². The molecule has 3 aliphatic carbocycles. The van der Waals surface area contributed by atoms with E-state index in [2.05, 4.69) is 48.7 Å². The third kappa shape index (κ3) is 2.38. The van der Waals surface area contributed by atoms with Crippen LogP contribution in [0, 0.1) is 29.1 Å². The summed E-state index contributed by atoms with van der Waals surface area (Å²) in [7, 11) is 4.23. The first-order valence-corrected chi connectivity index (χ1v) is 8.96. The second-order valence-electron chi connectivity index (χ2n) is 8.10. The van der Waals surface area contributed by atoms with Crippen molar-refractivity contribution in [3.8, 4) is 0 Å². The number of nitrogens with one attached hydrogen (secondary N) is 2. The predicted molar refractivity (Wildman–Crippen MR) is 87.2 cm³/mol. The maximum atomic E-state index is 3.52. The van der Waals surface area contributed by atoms with E-state index in [9.17, 15) is 0 Å². The average Bonchev–Trinajstić information content (AvgIpc) is 3.28. The Morgan fingerprint density at radius 3 is 2.38 bits per heavy atom. The zero-order valence-corrected chi connectivity index (χ0v) is 13.8. The van der Waals surface area contributed by atoms with E-state index in [0.717, 1.165) is 42.3 Å². The molecule has 0 bridgehead atoms. The van der Waals surface area contributed by atoms with E-state index < -0.39 is 0 Å². The molecule has 3 nitrogen and oxygen atoms in total. The summed E-state index contributed by atoms with van der Waals surface area (Å²) in [4.78, 5) is 2.75. The van der Waals surface area contributed by atoms with Gasteiger partial charge in [0.2, 0.25) is 0 Å². The van der Waals surface area contributed by atoms with Gasteiger partial charge in [0.15, 0.2) is 0 Å². The van der Waals surface area contributed by atoms with Crippen LogP contribution in [0.3, 0.4) is 0 Å².